The summed E-state index contributed by atoms with van der Waals surface area (Å²) in [5, 5.41) is 8.92. The number of hydrogen-bond donors (Lipinski definition) is 1. The second-order valence-electron chi connectivity index (χ2n) is 1.89. The first kappa shape index (κ1) is 6.08. The molecular formula is C7H10NO+. The lowest BCUT2D eigenvalue weighted by molar-refractivity contribution is -0.693. The van der Waals surface area contributed by atoms with Gasteiger partial charge in [0.05, 0.1) is 0 Å². The molecule has 0 unspecified atom stereocenters. The molecule has 0 fully saturated rings. The third-order valence-electron chi connectivity index (χ3n) is 1.21. The van der Waals surface area contributed by atoms with Gasteiger partial charge in [0.1, 0.15) is 6.54 Å². The molecule has 2 nitrogen and oxygen atoms in total. The summed E-state index contributed by atoms with van der Waals surface area (Å²) in [6, 6.07) is 3.48. The van der Waals surface area contributed by atoms with Crippen molar-refractivity contribution in [3.8, 4) is 5.75 Å². The van der Waals surface area contributed by atoms with E-state index >= 15 is 0 Å². The molecule has 0 aliphatic carbocycles. The molecule has 1 heterocycles. The van der Waals surface area contributed by atoms with Crippen LogP contribution >= 0.6 is 0 Å². The summed E-state index contributed by atoms with van der Waals surface area (Å²) in [7, 11) is 0. The summed E-state index contributed by atoms with van der Waals surface area (Å²) in [4.78, 5) is 0. The average Bonchev–Trinajstić information content (AvgIpc) is 1.88. The minimum atomic E-state index is 0.319. The molecule has 1 aromatic rings. The van der Waals surface area contributed by atoms with Crippen LogP contribution in [0, 0.1) is 0 Å². The average molecular weight is 124 g/mol. The van der Waals surface area contributed by atoms with Crippen LogP contribution in [0.2, 0.25) is 0 Å². The number of pyridine rings is 1. The Morgan fingerprint density at radius 2 is 2.44 bits per heavy atom. The van der Waals surface area contributed by atoms with E-state index in [0.717, 1.165) is 6.54 Å². The molecule has 1 N–H and O–H groups in total. The van der Waals surface area contributed by atoms with Gasteiger partial charge in [0.2, 0.25) is 6.20 Å². The summed E-state index contributed by atoms with van der Waals surface area (Å²) in [6.07, 6.45) is 3.61. The van der Waals surface area contributed by atoms with Crippen LogP contribution in [0.5, 0.6) is 5.75 Å². The van der Waals surface area contributed by atoms with Crippen molar-refractivity contribution >= 4 is 0 Å². The number of aromatic nitrogens is 1. The molecule has 0 aliphatic heterocycles. The smallest absolute Gasteiger partial charge is 0.210 e. The van der Waals surface area contributed by atoms with E-state index in [-0.39, 0.29) is 0 Å². The third kappa shape index (κ3) is 1.42. The molecule has 9 heavy (non-hydrogen) atoms. The molecule has 0 radical (unpaired) electrons. The van der Waals surface area contributed by atoms with Gasteiger partial charge in [0, 0.05) is 6.07 Å². The molecule has 0 saturated heterocycles. The molecule has 0 saturated carbocycles. The fourth-order valence-corrected chi connectivity index (χ4v) is 0.705. The minimum Gasteiger partial charge on any atom is -0.503 e. The number of hydrogen-bond acceptors (Lipinski definition) is 1. The Balaban J connectivity index is 2.94. The predicted octanol–water partition coefficient (Wildman–Crippen LogP) is 0.700. The molecule has 0 spiro atoms. The highest BCUT2D eigenvalue weighted by Gasteiger charge is 1.94. The first-order valence-electron chi connectivity index (χ1n) is 3.01. The normalized spacial score (nSPS) is 9.44. The Hall–Kier alpha value is -1.05. The van der Waals surface area contributed by atoms with Crippen LogP contribution in [0.3, 0.4) is 0 Å². The first-order valence-corrected chi connectivity index (χ1v) is 3.01. The van der Waals surface area contributed by atoms with Gasteiger partial charge in [-0.1, -0.05) is 0 Å². The number of nitrogens with zero attached hydrogens (tertiary/aromatic N) is 1. The molecule has 0 bridgehead atoms. The van der Waals surface area contributed by atoms with Crippen LogP contribution in [0.1, 0.15) is 6.92 Å². The number of rotatable bonds is 1. The second kappa shape index (κ2) is 2.49. The van der Waals surface area contributed by atoms with Crippen LogP contribution in [0.4, 0.5) is 0 Å². The first-order chi connectivity index (χ1) is 4.33. The molecule has 1 aromatic heterocycles. The van der Waals surface area contributed by atoms with E-state index in [4.69, 9.17) is 5.11 Å². The highest BCUT2D eigenvalue weighted by Crippen LogP contribution is 1.99. The van der Waals surface area contributed by atoms with Crippen molar-refractivity contribution in [2.75, 3.05) is 0 Å². The molecule has 1 rings (SSSR count). The van der Waals surface area contributed by atoms with E-state index < -0.39 is 0 Å². The minimum absolute atomic E-state index is 0.319. The summed E-state index contributed by atoms with van der Waals surface area (Å²) < 4.78 is 1.91. The lowest BCUT2D eigenvalue weighted by Gasteiger charge is -1.89. The van der Waals surface area contributed by atoms with Crippen LogP contribution in [-0.4, -0.2) is 5.11 Å². The SMILES string of the molecule is CC[n+]1cccc(O)c1. The van der Waals surface area contributed by atoms with E-state index in [0.29, 0.717) is 5.75 Å². The van der Waals surface area contributed by atoms with Gasteiger partial charge in [-0.25, -0.2) is 4.57 Å². The molecule has 0 atom stereocenters. The summed E-state index contributed by atoms with van der Waals surface area (Å²) >= 11 is 0. The van der Waals surface area contributed by atoms with Crippen molar-refractivity contribution < 1.29 is 9.67 Å². The van der Waals surface area contributed by atoms with Crippen molar-refractivity contribution in [3.05, 3.63) is 24.5 Å². The summed E-state index contributed by atoms with van der Waals surface area (Å²) in [5.74, 6) is 0.319. The fraction of sp³-hybridized carbons (Fsp3) is 0.286. The fourth-order valence-electron chi connectivity index (χ4n) is 0.705. The van der Waals surface area contributed by atoms with Gasteiger partial charge in [-0.15, -0.1) is 0 Å². The van der Waals surface area contributed by atoms with Gasteiger partial charge in [-0.3, -0.25) is 0 Å². The monoisotopic (exact) mass is 124 g/mol. The summed E-state index contributed by atoms with van der Waals surface area (Å²) in [6.45, 7) is 2.92. The van der Waals surface area contributed by atoms with Gasteiger partial charge in [-0.2, -0.15) is 0 Å². The lowest BCUT2D eigenvalue weighted by Crippen LogP contribution is -2.30. The zero-order valence-corrected chi connectivity index (χ0v) is 5.41. The van der Waals surface area contributed by atoms with Crippen LogP contribution in [0.25, 0.3) is 0 Å². The van der Waals surface area contributed by atoms with Crippen LogP contribution in [-0.2, 0) is 6.54 Å². The summed E-state index contributed by atoms with van der Waals surface area (Å²) in [5.41, 5.74) is 0. The van der Waals surface area contributed by atoms with E-state index in [1.54, 1.807) is 12.3 Å². The molecule has 0 aliphatic rings. The van der Waals surface area contributed by atoms with Gasteiger partial charge >= 0.3 is 0 Å². The molecule has 48 valence electrons. The zero-order chi connectivity index (χ0) is 6.69. The van der Waals surface area contributed by atoms with E-state index in [1.165, 1.54) is 0 Å². The van der Waals surface area contributed by atoms with Crippen molar-refractivity contribution in [1.82, 2.24) is 0 Å². The Morgan fingerprint density at radius 3 is 2.89 bits per heavy atom. The number of aromatic hydroxyl groups is 1. The van der Waals surface area contributed by atoms with Crippen molar-refractivity contribution in [2.24, 2.45) is 0 Å². The highest BCUT2D eigenvalue weighted by molar-refractivity contribution is 5.09. The maximum Gasteiger partial charge on any atom is 0.210 e. The van der Waals surface area contributed by atoms with Crippen molar-refractivity contribution in [1.29, 1.82) is 0 Å². The van der Waals surface area contributed by atoms with Crippen molar-refractivity contribution in [2.45, 2.75) is 13.5 Å². The molecule has 0 amide bonds. The lowest BCUT2D eigenvalue weighted by atomic mass is 10.4. The maximum absolute atomic E-state index is 8.92. The van der Waals surface area contributed by atoms with Crippen LogP contribution in [0.15, 0.2) is 24.5 Å². The third-order valence-corrected chi connectivity index (χ3v) is 1.21. The van der Waals surface area contributed by atoms with Gasteiger partial charge in [0.25, 0.3) is 0 Å². The van der Waals surface area contributed by atoms with E-state index in [9.17, 15) is 0 Å². The van der Waals surface area contributed by atoms with E-state index in [1.807, 2.05) is 23.8 Å². The second-order valence-corrected chi connectivity index (χ2v) is 1.89. The van der Waals surface area contributed by atoms with Crippen LogP contribution < -0.4 is 4.57 Å². The Labute approximate surface area is 54.4 Å². The zero-order valence-electron chi connectivity index (χ0n) is 5.41. The predicted molar refractivity (Wildman–Crippen MR) is 34.0 cm³/mol. The quantitative estimate of drug-likeness (QED) is 0.547. The standard InChI is InChI=1S/C7H9NO/c1-2-8-5-3-4-7(9)6-8/h3-6H,2H2,1H3/p+1. The maximum atomic E-state index is 8.92. The topological polar surface area (TPSA) is 24.1 Å². The molecule has 2 heteroatoms. The number of aryl methyl sites for hydroxylation is 1. The molecular weight excluding hydrogens is 114 g/mol. The van der Waals surface area contributed by atoms with Gasteiger partial charge in [-0.05, 0) is 13.0 Å². The van der Waals surface area contributed by atoms with Gasteiger partial charge in [0.15, 0.2) is 11.9 Å². The highest BCUT2D eigenvalue weighted by atomic mass is 16.3. The van der Waals surface area contributed by atoms with Crippen molar-refractivity contribution in [3.63, 3.8) is 0 Å². The van der Waals surface area contributed by atoms with E-state index in [2.05, 4.69) is 0 Å². The Kier molecular flexibility index (Phi) is 1.68. The Morgan fingerprint density at radius 1 is 1.67 bits per heavy atom. The molecule has 0 aromatic carbocycles. The Bertz CT molecular complexity index is 198. The largest absolute Gasteiger partial charge is 0.503 e. The van der Waals surface area contributed by atoms with Gasteiger partial charge < -0.3 is 5.11 Å².